The summed E-state index contributed by atoms with van der Waals surface area (Å²) in [6.45, 7) is 9.67. The molecule has 0 aliphatic carbocycles. The van der Waals surface area contributed by atoms with Crippen molar-refractivity contribution < 1.29 is 13.2 Å². The van der Waals surface area contributed by atoms with E-state index < -0.39 is 10.0 Å². The fourth-order valence-electron chi connectivity index (χ4n) is 2.96. The van der Waals surface area contributed by atoms with E-state index in [1.165, 1.54) is 4.31 Å². The third kappa shape index (κ3) is 6.17. The van der Waals surface area contributed by atoms with Crippen molar-refractivity contribution in [3.63, 3.8) is 0 Å². The van der Waals surface area contributed by atoms with E-state index in [4.69, 9.17) is 5.73 Å². The highest BCUT2D eigenvalue weighted by Crippen LogP contribution is 2.25. The maximum Gasteiger partial charge on any atom is 0.243 e. The Labute approximate surface area is 169 Å². The molecule has 0 radical (unpaired) electrons. The Morgan fingerprint density at radius 1 is 1.11 bits per heavy atom. The number of carbonyl (C=O) groups is 1. The zero-order valence-corrected chi connectivity index (χ0v) is 18.3. The summed E-state index contributed by atoms with van der Waals surface area (Å²) in [5, 5.41) is 0. The Balaban J connectivity index is 0.00000364. The summed E-state index contributed by atoms with van der Waals surface area (Å²) in [5.74, 6) is 0.0499. The summed E-state index contributed by atoms with van der Waals surface area (Å²) >= 11 is 0. The molecule has 1 aliphatic heterocycles. The predicted octanol–water partition coefficient (Wildman–Crippen LogP) is 2.37. The first-order chi connectivity index (χ1) is 12.0. The van der Waals surface area contributed by atoms with Crippen LogP contribution >= 0.6 is 12.4 Å². The zero-order chi connectivity index (χ0) is 19.5. The molecule has 27 heavy (non-hydrogen) atoms. The van der Waals surface area contributed by atoms with Gasteiger partial charge in [0.15, 0.2) is 0 Å². The number of rotatable bonds is 5. The topological polar surface area (TPSA) is 83.7 Å². The summed E-state index contributed by atoms with van der Waals surface area (Å²) in [7, 11) is -3.52. The lowest BCUT2D eigenvalue weighted by Gasteiger charge is -2.34. The number of nitrogens with zero attached hydrogens (tertiary/aromatic N) is 2. The Hall–Kier alpha value is -1.15. The molecule has 0 bridgehead atoms. The standard InChI is InChI=1S/C19H31N3O3S.ClH/c1-15(20)5-10-18(23)21-11-13-22(14-12-21)26(24,25)17-8-6-16(7-9-17)19(2,3)4;/h6-9,15H,5,10-14,20H2,1-4H3;1H. The number of halogens is 1. The molecular formula is C19H32ClN3O3S. The SMILES string of the molecule is CC(N)CCC(=O)N1CCN(S(=O)(=O)c2ccc(C(C)(C)C)cc2)CC1.Cl. The molecule has 8 heteroatoms. The van der Waals surface area contributed by atoms with E-state index in [0.29, 0.717) is 43.9 Å². The lowest BCUT2D eigenvalue weighted by molar-refractivity contribution is -0.132. The second kappa shape index (κ2) is 9.37. The van der Waals surface area contributed by atoms with Crippen LogP contribution in [-0.4, -0.2) is 55.8 Å². The van der Waals surface area contributed by atoms with Crippen molar-refractivity contribution in [1.82, 2.24) is 9.21 Å². The summed E-state index contributed by atoms with van der Waals surface area (Å²) in [5.41, 5.74) is 6.77. The maximum atomic E-state index is 12.8. The highest BCUT2D eigenvalue weighted by molar-refractivity contribution is 7.89. The first-order valence-corrected chi connectivity index (χ1v) is 10.6. The van der Waals surface area contributed by atoms with Gasteiger partial charge in [-0.05, 0) is 36.5 Å². The van der Waals surface area contributed by atoms with E-state index >= 15 is 0 Å². The van der Waals surface area contributed by atoms with E-state index in [0.717, 1.165) is 5.56 Å². The van der Waals surface area contributed by atoms with E-state index in [2.05, 4.69) is 20.8 Å². The number of sulfonamides is 1. The smallest absolute Gasteiger partial charge is 0.243 e. The molecular weight excluding hydrogens is 386 g/mol. The van der Waals surface area contributed by atoms with Crippen LogP contribution in [0.3, 0.4) is 0 Å². The molecule has 1 fully saturated rings. The minimum absolute atomic E-state index is 0. The van der Waals surface area contributed by atoms with Crippen molar-refractivity contribution >= 4 is 28.3 Å². The first kappa shape index (κ1) is 23.9. The quantitative estimate of drug-likeness (QED) is 0.797. The van der Waals surface area contributed by atoms with Crippen molar-refractivity contribution in [2.75, 3.05) is 26.2 Å². The van der Waals surface area contributed by atoms with E-state index in [1.807, 2.05) is 19.1 Å². The van der Waals surface area contributed by atoms with Gasteiger partial charge >= 0.3 is 0 Å². The molecule has 1 saturated heterocycles. The predicted molar refractivity (Wildman–Crippen MR) is 111 cm³/mol. The van der Waals surface area contributed by atoms with Crippen molar-refractivity contribution in [2.24, 2.45) is 5.73 Å². The molecule has 2 N–H and O–H groups in total. The molecule has 6 nitrogen and oxygen atoms in total. The highest BCUT2D eigenvalue weighted by atomic mass is 35.5. The monoisotopic (exact) mass is 417 g/mol. The Morgan fingerprint density at radius 2 is 1.63 bits per heavy atom. The molecule has 0 saturated carbocycles. The van der Waals surface area contributed by atoms with Crippen molar-refractivity contribution in [1.29, 1.82) is 0 Å². The molecule has 1 amide bonds. The van der Waals surface area contributed by atoms with Crippen LogP contribution in [0, 0.1) is 0 Å². The summed E-state index contributed by atoms with van der Waals surface area (Å²) in [6.07, 6.45) is 1.07. The summed E-state index contributed by atoms with van der Waals surface area (Å²) in [4.78, 5) is 14.2. The van der Waals surface area contributed by atoms with Gasteiger partial charge in [0.05, 0.1) is 4.90 Å². The van der Waals surface area contributed by atoms with Gasteiger partial charge in [-0.15, -0.1) is 12.4 Å². The van der Waals surface area contributed by atoms with Gasteiger partial charge in [0.1, 0.15) is 0 Å². The van der Waals surface area contributed by atoms with Crippen LogP contribution in [0.25, 0.3) is 0 Å². The van der Waals surface area contributed by atoms with Gasteiger partial charge in [-0.1, -0.05) is 32.9 Å². The van der Waals surface area contributed by atoms with Gasteiger partial charge in [-0.25, -0.2) is 8.42 Å². The average molecular weight is 418 g/mol. The second-order valence-electron chi connectivity index (χ2n) is 8.08. The van der Waals surface area contributed by atoms with Gasteiger partial charge in [0, 0.05) is 38.6 Å². The number of hydrogen-bond acceptors (Lipinski definition) is 4. The fourth-order valence-corrected chi connectivity index (χ4v) is 4.39. The number of nitrogens with two attached hydrogens (primary N) is 1. The molecule has 1 aliphatic rings. The van der Waals surface area contributed by atoms with Gasteiger partial charge in [0.2, 0.25) is 15.9 Å². The molecule has 1 heterocycles. The van der Waals surface area contributed by atoms with Gasteiger partial charge in [-0.3, -0.25) is 4.79 Å². The largest absolute Gasteiger partial charge is 0.340 e. The molecule has 1 aromatic carbocycles. The Kier molecular flexibility index (Phi) is 8.29. The fraction of sp³-hybridized carbons (Fsp3) is 0.632. The van der Waals surface area contributed by atoms with Crippen LogP contribution in [0.2, 0.25) is 0 Å². The minimum atomic E-state index is -3.52. The van der Waals surface area contributed by atoms with Crippen molar-refractivity contribution in [3.8, 4) is 0 Å². The summed E-state index contributed by atoms with van der Waals surface area (Å²) in [6, 6.07) is 7.10. The molecule has 0 aromatic heterocycles. The van der Waals surface area contributed by atoms with Crippen LogP contribution < -0.4 is 5.73 Å². The molecule has 0 spiro atoms. The Morgan fingerprint density at radius 3 is 2.07 bits per heavy atom. The van der Waals surface area contributed by atoms with Crippen LogP contribution in [-0.2, 0) is 20.2 Å². The number of amides is 1. The molecule has 2 rings (SSSR count). The van der Waals surface area contributed by atoms with E-state index in [-0.39, 0.29) is 29.8 Å². The number of carbonyl (C=O) groups excluding carboxylic acids is 1. The third-order valence-electron chi connectivity index (χ3n) is 4.76. The number of hydrogen-bond donors (Lipinski definition) is 1. The zero-order valence-electron chi connectivity index (χ0n) is 16.6. The lowest BCUT2D eigenvalue weighted by atomic mass is 9.87. The average Bonchev–Trinajstić information content (AvgIpc) is 2.59. The van der Waals surface area contributed by atoms with Crippen LogP contribution in [0.4, 0.5) is 0 Å². The molecule has 1 aromatic rings. The van der Waals surface area contributed by atoms with Crippen LogP contribution in [0.1, 0.15) is 46.1 Å². The molecule has 1 atom stereocenters. The van der Waals surface area contributed by atoms with E-state index in [1.54, 1.807) is 17.0 Å². The first-order valence-electron chi connectivity index (χ1n) is 9.16. The molecule has 1 unspecified atom stereocenters. The van der Waals surface area contributed by atoms with Gasteiger partial charge in [0.25, 0.3) is 0 Å². The lowest BCUT2D eigenvalue weighted by Crippen LogP contribution is -2.50. The van der Waals surface area contributed by atoms with Crippen LogP contribution in [0.15, 0.2) is 29.2 Å². The van der Waals surface area contributed by atoms with Crippen molar-refractivity contribution in [2.45, 2.75) is 56.9 Å². The Bertz CT molecular complexity index is 720. The normalized spacial score (nSPS) is 17.3. The summed E-state index contributed by atoms with van der Waals surface area (Å²) < 4.78 is 27.2. The number of piperazine rings is 1. The minimum Gasteiger partial charge on any atom is -0.340 e. The van der Waals surface area contributed by atoms with Crippen LogP contribution in [0.5, 0.6) is 0 Å². The third-order valence-corrected chi connectivity index (χ3v) is 6.68. The van der Waals surface area contributed by atoms with E-state index in [9.17, 15) is 13.2 Å². The van der Waals surface area contributed by atoms with Gasteiger partial charge in [-0.2, -0.15) is 4.31 Å². The van der Waals surface area contributed by atoms with Crippen molar-refractivity contribution in [3.05, 3.63) is 29.8 Å². The second-order valence-corrected chi connectivity index (χ2v) is 10.0. The molecule has 154 valence electrons. The maximum absolute atomic E-state index is 12.8. The highest BCUT2D eigenvalue weighted by Gasteiger charge is 2.30. The number of benzene rings is 1. The van der Waals surface area contributed by atoms with Gasteiger partial charge < -0.3 is 10.6 Å².